The van der Waals surface area contributed by atoms with Crippen LogP contribution in [-0.4, -0.2) is 25.5 Å². The minimum absolute atomic E-state index is 0. The highest BCUT2D eigenvalue weighted by atomic mass is 35.5. The van der Waals surface area contributed by atoms with Crippen LogP contribution in [0.5, 0.6) is 5.75 Å². The van der Waals surface area contributed by atoms with E-state index >= 15 is 0 Å². The lowest BCUT2D eigenvalue weighted by atomic mass is 10.1. The number of benzene rings is 2. The number of hydrogen-bond acceptors (Lipinski definition) is 5. The Morgan fingerprint density at radius 3 is 2.50 bits per heavy atom. The number of carbonyl (C=O) groups is 2. The second-order valence-electron chi connectivity index (χ2n) is 5.42. The van der Waals surface area contributed by atoms with Crippen LogP contribution in [0.4, 0.5) is 5.69 Å². The Morgan fingerprint density at radius 2 is 1.85 bits per heavy atom. The van der Waals surface area contributed by atoms with Crippen molar-refractivity contribution in [3.63, 3.8) is 0 Å². The highest BCUT2D eigenvalue weighted by Gasteiger charge is 2.13. The summed E-state index contributed by atoms with van der Waals surface area (Å²) in [7, 11) is 1.31. The molecule has 6 nitrogen and oxygen atoms in total. The Hall–Kier alpha value is -2.57. The van der Waals surface area contributed by atoms with Crippen molar-refractivity contribution in [2.45, 2.75) is 19.4 Å². The van der Waals surface area contributed by atoms with Crippen LogP contribution < -0.4 is 15.8 Å². The van der Waals surface area contributed by atoms with Crippen LogP contribution in [-0.2, 0) is 16.1 Å². The molecule has 2 aromatic carbocycles. The molecule has 0 radical (unpaired) electrons. The van der Waals surface area contributed by atoms with Gasteiger partial charge in [0.05, 0.1) is 18.4 Å². The molecule has 0 aliphatic carbocycles. The monoisotopic (exact) mass is 378 g/mol. The average Bonchev–Trinajstić information content (AvgIpc) is 2.65. The second kappa shape index (κ2) is 11.1. The van der Waals surface area contributed by atoms with Crippen LogP contribution in [0.1, 0.15) is 28.8 Å². The molecule has 0 saturated carbocycles. The summed E-state index contributed by atoms with van der Waals surface area (Å²) in [6.07, 6.45) is 0.889. The maximum atomic E-state index is 12.0. The summed E-state index contributed by atoms with van der Waals surface area (Å²) in [5, 5.41) is 2.77. The SMILES string of the molecule is COC(=O)c1ccc(OCc2ccccc2)c(NC(=O)CCCN)c1.Cl. The van der Waals surface area contributed by atoms with Gasteiger partial charge in [-0.15, -0.1) is 12.4 Å². The van der Waals surface area contributed by atoms with Crippen LogP contribution in [0.15, 0.2) is 48.5 Å². The van der Waals surface area contributed by atoms with Crippen molar-refractivity contribution in [1.29, 1.82) is 0 Å². The number of nitrogens with one attached hydrogen (secondary N) is 1. The van der Waals surface area contributed by atoms with E-state index in [0.717, 1.165) is 5.56 Å². The van der Waals surface area contributed by atoms with E-state index in [2.05, 4.69) is 5.32 Å². The number of carbonyl (C=O) groups excluding carboxylic acids is 2. The fraction of sp³-hybridized carbons (Fsp3) is 0.263. The number of hydrogen-bond donors (Lipinski definition) is 2. The molecule has 0 aromatic heterocycles. The molecule has 7 heteroatoms. The summed E-state index contributed by atoms with van der Waals surface area (Å²) in [6.45, 7) is 0.789. The van der Waals surface area contributed by atoms with Crippen molar-refractivity contribution in [1.82, 2.24) is 0 Å². The van der Waals surface area contributed by atoms with Gasteiger partial charge in [-0.25, -0.2) is 4.79 Å². The molecule has 3 N–H and O–H groups in total. The standard InChI is InChI=1S/C19H22N2O4.ClH/c1-24-19(23)15-9-10-17(25-13-14-6-3-2-4-7-14)16(12-15)21-18(22)8-5-11-20;/h2-4,6-7,9-10,12H,5,8,11,13,20H2,1H3,(H,21,22);1H. The van der Waals surface area contributed by atoms with Gasteiger partial charge in [-0.1, -0.05) is 30.3 Å². The molecule has 26 heavy (non-hydrogen) atoms. The van der Waals surface area contributed by atoms with Gasteiger partial charge >= 0.3 is 5.97 Å². The normalized spacial score (nSPS) is 9.77. The lowest BCUT2D eigenvalue weighted by molar-refractivity contribution is -0.116. The Balaban J connectivity index is 0.00000338. The molecule has 0 atom stereocenters. The van der Waals surface area contributed by atoms with Crippen molar-refractivity contribution >= 4 is 30.0 Å². The van der Waals surface area contributed by atoms with Crippen molar-refractivity contribution in [2.24, 2.45) is 5.73 Å². The van der Waals surface area contributed by atoms with Crippen molar-refractivity contribution < 1.29 is 19.1 Å². The van der Waals surface area contributed by atoms with Crippen LogP contribution in [0.2, 0.25) is 0 Å². The molecule has 0 heterocycles. The van der Waals surface area contributed by atoms with Gasteiger partial charge in [0, 0.05) is 6.42 Å². The van der Waals surface area contributed by atoms with E-state index in [1.54, 1.807) is 18.2 Å². The van der Waals surface area contributed by atoms with E-state index in [9.17, 15) is 9.59 Å². The summed E-state index contributed by atoms with van der Waals surface area (Å²) in [5.74, 6) is -0.179. The predicted molar refractivity (Wildman–Crippen MR) is 103 cm³/mol. The number of amides is 1. The third-order valence-corrected chi connectivity index (χ3v) is 3.52. The van der Waals surface area contributed by atoms with Crippen molar-refractivity contribution in [3.8, 4) is 5.75 Å². The first-order chi connectivity index (χ1) is 12.1. The van der Waals surface area contributed by atoms with E-state index in [4.69, 9.17) is 15.2 Å². The zero-order chi connectivity index (χ0) is 18.1. The van der Waals surface area contributed by atoms with Gasteiger partial charge in [-0.2, -0.15) is 0 Å². The molecule has 0 spiro atoms. The molecule has 0 bridgehead atoms. The number of esters is 1. The van der Waals surface area contributed by atoms with Gasteiger partial charge in [0.2, 0.25) is 5.91 Å². The van der Waals surface area contributed by atoms with Gasteiger partial charge in [-0.3, -0.25) is 4.79 Å². The number of methoxy groups -OCH3 is 1. The van der Waals surface area contributed by atoms with E-state index in [0.29, 0.717) is 43.0 Å². The van der Waals surface area contributed by atoms with Crippen molar-refractivity contribution in [2.75, 3.05) is 19.0 Å². The molecule has 0 aliphatic rings. The van der Waals surface area contributed by atoms with Crippen LogP contribution in [0.3, 0.4) is 0 Å². The molecule has 0 unspecified atom stereocenters. The molecular weight excluding hydrogens is 356 g/mol. The van der Waals surface area contributed by atoms with E-state index in [1.165, 1.54) is 7.11 Å². The van der Waals surface area contributed by atoms with Crippen LogP contribution in [0.25, 0.3) is 0 Å². The third kappa shape index (κ3) is 6.38. The maximum Gasteiger partial charge on any atom is 0.337 e. The zero-order valence-corrected chi connectivity index (χ0v) is 15.4. The molecule has 0 fully saturated rings. The first kappa shape index (κ1) is 21.5. The van der Waals surface area contributed by atoms with E-state index < -0.39 is 5.97 Å². The number of halogens is 1. The number of anilines is 1. The second-order valence-corrected chi connectivity index (χ2v) is 5.42. The highest BCUT2D eigenvalue weighted by Crippen LogP contribution is 2.27. The average molecular weight is 379 g/mol. The quantitative estimate of drug-likeness (QED) is 0.688. The van der Waals surface area contributed by atoms with Gasteiger partial charge in [0.25, 0.3) is 0 Å². The molecule has 0 saturated heterocycles. The van der Waals surface area contributed by atoms with Gasteiger partial charge in [0.15, 0.2) is 0 Å². The Bertz CT molecular complexity index is 723. The molecule has 2 rings (SSSR count). The molecular formula is C19H23ClN2O4. The van der Waals surface area contributed by atoms with Gasteiger partial charge in [-0.05, 0) is 36.7 Å². The van der Waals surface area contributed by atoms with E-state index in [1.807, 2.05) is 30.3 Å². The number of rotatable bonds is 8. The van der Waals surface area contributed by atoms with Crippen LogP contribution >= 0.6 is 12.4 Å². The lowest BCUT2D eigenvalue weighted by Crippen LogP contribution is -2.15. The first-order valence-corrected chi connectivity index (χ1v) is 8.03. The Morgan fingerprint density at radius 1 is 1.12 bits per heavy atom. The summed E-state index contributed by atoms with van der Waals surface area (Å²) < 4.78 is 10.5. The fourth-order valence-electron chi connectivity index (χ4n) is 2.21. The lowest BCUT2D eigenvalue weighted by Gasteiger charge is -2.14. The van der Waals surface area contributed by atoms with E-state index in [-0.39, 0.29) is 18.3 Å². The smallest absolute Gasteiger partial charge is 0.337 e. The summed E-state index contributed by atoms with van der Waals surface area (Å²) in [5.41, 5.74) is 7.20. The summed E-state index contributed by atoms with van der Waals surface area (Å²) in [4.78, 5) is 23.7. The Kier molecular flexibility index (Phi) is 9.19. The highest BCUT2D eigenvalue weighted by molar-refractivity contribution is 5.96. The first-order valence-electron chi connectivity index (χ1n) is 8.03. The third-order valence-electron chi connectivity index (χ3n) is 3.52. The number of nitrogens with two attached hydrogens (primary N) is 1. The van der Waals surface area contributed by atoms with Gasteiger partial charge in [0.1, 0.15) is 12.4 Å². The molecule has 2 aromatic rings. The largest absolute Gasteiger partial charge is 0.487 e. The summed E-state index contributed by atoms with van der Waals surface area (Å²) >= 11 is 0. The minimum atomic E-state index is -0.480. The topological polar surface area (TPSA) is 90.6 Å². The maximum absolute atomic E-state index is 12.0. The van der Waals surface area contributed by atoms with Crippen LogP contribution in [0, 0.1) is 0 Å². The Labute approximate surface area is 159 Å². The number of ether oxygens (including phenoxy) is 2. The van der Waals surface area contributed by atoms with Crippen molar-refractivity contribution in [3.05, 3.63) is 59.7 Å². The predicted octanol–water partition coefficient (Wildman–Crippen LogP) is 3.15. The molecule has 0 aliphatic heterocycles. The van der Waals surface area contributed by atoms with Gasteiger partial charge < -0.3 is 20.5 Å². The zero-order valence-electron chi connectivity index (χ0n) is 14.6. The molecule has 140 valence electrons. The fourth-order valence-corrected chi connectivity index (χ4v) is 2.21. The minimum Gasteiger partial charge on any atom is -0.487 e. The molecule has 1 amide bonds. The summed E-state index contributed by atoms with van der Waals surface area (Å²) in [6, 6.07) is 14.5.